The van der Waals surface area contributed by atoms with Crippen LogP contribution in [0.4, 0.5) is 0 Å². The molecule has 384 valence electrons. The van der Waals surface area contributed by atoms with Crippen molar-refractivity contribution < 1.29 is 36.0 Å². The molecule has 0 saturated heterocycles. The third kappa shape index (κ3) is 12.3. The van der Waals surface area contributed by atoms with Crippen LogP contribution >= 0.6 is 15.8 Å². The summed E-state index contributed by atoms with van der Waals surface area (Å²) in [5.74, 6) is 4.45. The summed E-state index contributed by atoms with van der Waals surface area (Å²) in [6.07, 6.45) is 14.0. The van der Waals surface area contributed by atoms with Crippen molar-refractivity contribution in [1.29, 1.82) is 0 Å². The van der Waals surface area contributed by atoms with Gasteiger partial charge in [0.1, 0.15) is 23.0 Å². The second-order valence-electron chi connectivity index (χ2n) is 19.8. The zero-order valence-corrected chi connectivity index (χ0v) is 48.8. The van der Waals surface area contributed by atoms with Gasteiger partial charge in [-0.05, 0) is 235 Å². The monoisotopic (exact) mass is 1050 g/mol. The van der Waals surface area contributed by atoms with Gasteiger partial charge in [0.05, 0.1) is 28.4 Å². The van der Waals surface area contributed by atoms with Crippen LogP contribution in [0.3, 0.4) is 0 Å². The number of rotatable bonds is 16. The van der Waals surface area contributed by atoms with Crippen LogP contribution in [0.2, 0.25) is 0 Å². The summed E-state index contributed by atoms with van der Waals surface area (Å²) in [5, 5.41) is 8.37. The molecule has 0 heterocycles. The number of methoxy groups -OCH3 is 4. The predicted molar refractivity (Wildman–Crippen MR) is 309 cm³/mol. The molecule has 0 aromatic heterocycles. The van der Waals surface area contributed by atoms with E-state index in [1.165, 1.54) is 87.5 Å². The van der Waals surface area contributed by atoms with Gasteiger partial charge in [-0.25, -0.2) is 0 Å². The van der Waals surface area contributed by atoms with Crippen LogP contribution in [-0.2, 0) is 17.1 Å². The third-order valence-electron chi connectivity index (χ3n) is 14.1. The van der Waals surface area contributed by atoms with E-state index in [-0.39, 0.29) is 41.0 Å². The summed E-state index contributed by atoms with van der Waals surface area (Å²) >= 11 is 0. The minimum absolute atomic E-state index is 0. The van der Waals surface area contributed by atoms with E-state index < -0.39 is 15.8 Å². The summed E-state index contributed by atoms with van der Waals surface area (Å²) in [6, 6.07) is 40.9. The Bertz CT molecular complexity index is 2580. The Hall–Kier alpha value is -5.22. The van der Waals surface area contributed by atoms with Gasteiger partial charge in [0.2, 0.25) is 0 Å². The molecule has 0 fully saturated rings. The summed E-state index contributed by atoms with van der Waals surface area (Å²) in [4.78, 5) is 4.71. The van der Waals surface area contributed by atoms with Crippen LogP contribution in [0.15, 0.2) is 156 Å². The average molecular weight is 1060 g/mol. The molecule has 6 nitrogen and oxygen atoms in total. The maximum Gasteiger partial charge on any atom is 0.124 e. The number of nitrogens with zero attached hydrogens (tertiary/aromatic N) is 2. The van der Waals surface area contributed by atoms with E-state index >= 15 is 0 Å². The van der Waals surface area contributed by atoms with E-state index in [0.717, 1.165) is 23.0 Å². The van der Waals surface area contributed by atoms with Crippen LogP contribution in [0.5, 0.6) is 23.0 Å². The van der Waals surface area contributed by atoms with E-state index in [2.05, 4.69) is 239 Å². The van der Waals surface area contributed by atoms with E-state index in [1.807, 2.05) is 0 Å². The van der Waals surface area contributed by atoms with Gasteiger partial charge in [-0.1, -0.05) is 97.1 Å². The largest absolute Gasteiger partial charge is 0.496 e. The SMILES string of the molecule is COc1c(C)cc(P(C2=CC=CC2C(c2ccccc2)N(C)C)c2cc(C)c(OC)c(C)c2)cc1C.COc1c(C)cc(P(C2=CC=CC2C(c2ccccc2)N(C)C)c2cc(C)c(OC)c(C)c2)cc1C.[Fe]. The van der Waals surface area contributed by atoms with Crippen molar-refractivity contribution >= 4 is 37.1 Å². The quantitative estimate of drug-likeness (QED) is 0.0711. The molecular formula is C64H76FeN2O4P2. The first kappa shape index (κ1) is 57.1. The standard InChI is InChI=1S/2C32H38NO2P.Fe/c2*1-21-17-26(18-22(2)31(21)34-7)36(27-19-23(3)32(35-8)24(4)20-27)29-16-12-15-28(29)30(33(5)6)25-13-10-9-11-14-25;/h2*9-20,28,30H,1-8H3;. The number of aryl methyl sites for hydroxylation is 8. The molecule has 6 aromatic rings. The van der Waals surface area contributed by atoms with Crippen molar-refractivity contribution in [3.63, 3.8) is 0 Å². The zero-order chi connectivity index (χ0) is 52.0. The van der Waals surface area contributed by atoms with Crippen LogP contribution in [0.1, 0.15) is 67.7 Å². The average Bonchev–Trinajstić information content (AvgIpc) is 4.00. The van der Waals surface area contributed by atoms with E-state index in [4.69, 9.17) is 18.9 Å². The number of ether oxygens (including phenoxy) is 4. The second-order valence-corrected chi connectivity index (χ2v) is 24.2. The van der Waals surface area contributed by atoms with Crippen LogP contribution < -0.4 is 40.2 Å². The van der Waals surface area contributed by atoms with Crippen molar-refractivity contribution in [2.45, 2.75) is 67.5 Å². The molecule has 9 heteroatoms. The molecular weight excluding hydrogens is 979 g/mol. The van der Waals surface area contributed by atoms with Crippen LogP contribution in [0, 0.1) is 67.2 Å². The molecule has 73 heavy (non-hydrogen) atoms. The third-order valence-corrected chi connectivity index (χ3v) is 19.1. The molecule has 4 unspecified atom stereocenters. The topological polar surface area (TPSA) is 43.4 Å². The van der Waals surface area contributed by atoms with Gasteiger partial charge < -0.3 is 28.7 Å². The Balaban J connectivity index is 0.000000235. The molecule has 0 aliphatic heterocycles. The smallest absolute Gasteiger partial charge is 0.124 e. The fraction of sp³-hybridized carbons (Fsp3) is 0.312. The number of allylic oxidation sites excluding steroid dienone is 4. The van der Waals surface area contributed by atoms with Crippen LogP contribution in [-0.4, -0.2) is 66.4 Å². The van der Waals surface area contributed by atoms with Crippen molar-refractivity contribution in [1.82, 2.24) is 9.80 Å². The summed E-state index contributed by atoms with van der Waals surface area (Å²) in [7, 11) is 14.2. The van der Waals surface area contributed by atoms with Gasteiger partial charge in [0.25, 0.3) is 0 Å². The van der Waals surface area contributed by atoms with Gasteiger partial charge in [-0.2, -0.15) is 0 Å². The Kier molecular flexibility index (Phi) is 19.8. The Labute approximate surface area is 451 Å². The van der Waals surface area contributed by atoms with Gasteiger partial charge in [-0.15, -0.1) is 0 Å². The zero-order valence-electron chi connectivity index (χ0n) is 45.9. The van der Waals surface area contributed by atoms with E-state index in [0.29, 0.717) is 0 Å². The molecule has 6 aromatic carbocycles. The molecule has 0 bridgehead atoms. The van der Waals surface area contributed by atoms with Gasteiger partial charge >= 0.3 is 0 Å². The number of benzene rings is 6. The predicted octanol–water partition coefficient (Wildman–Crippen LogP) is 13.5. The number of hydrogen-bond acceptors (Lipinski definition) is 6. The van der Waals surface area contributed by atoms with E-state index in [1.54, 1.807) is 28.4 Å². The van der Waals surface area contributed by atoms with Gasteiger partial charge in [0, 0.05) is 41.0 Å². The summed E-state index contributed by atoms with van der Waals surface area (Å²) < 4.78 is 22.9. The molecule has 2 aliphatic carbocycles. The molecule has 0 radical (unpaired) electrons. The second kappa shape index (κ2) is 25.3. The fourth-order valence-corrected chi connectivity index (χ4v) is 17.2. The molecule has 8 rings (SSSR count). The van der Waals surface area contributed by atoms with Gasteiger partial charge in [-0.3, -0.25) is 0 Å². The van der Waals surface area contributed by atoms with Crippen molar-refractivity contribution in [3.05, 3.63) is 212 Å². The molecule has 2 aliphatic rings. The molecule has 4 atom stereocenters. The van der Waals surface area contributed by atoms with Gasteiger partial charge in [0.15, 0.2) is 0 Å². The minimum atomic E-state index is -0.778. The first-order valence-corrected chi connectivity index (χ1v) is 27.6. The number of hydrogen-bond donors (Lipinski definition) is 0. The normalized spacial score (nSPS) is 15.7. The molecule has 0 amide bonds. The van der Waals surface area contributed by atoms with Crippen molar-refractivity contribution in [3.8, 4) is 23.0 Å². The first-order chi connectivity index (χ1) is 34.5. The van der Waals surface area contributed by atoms with Crippen LogP contribution in [0.25, 0.3) is 0 Å². The maximum atomic E-state index is 5.72. The summed E-state index contributed by atoms with van der Waals surface area (Å²) in [6.45, 7) is 17.2. The van der Waals surface area contributed by atoms with E-state index in [9.17, 15) is 0 Å². The molecule has 0 spiro atoms. The molecule has 0 N–H and O–H groups in total. The Morgan fingerprint density at radius 1 is 0.384 bits per heavy atom. The van der Waals surface area contributed by atoms with Crippen molar-refractivity contribution in [2.75, 3.05) is 56.6 Å². The molecule has 0 saturated carbocycles. The Morgan fingerprint density at radius 3 is 0.822 bits per heavy atom. The first-order valence-electron chi connectivity index (χ1n) is 24.9. The minimum Gasteiger partial charge on any atom is -0.496 e. The Morgan fingerprint density at radius 2 is 0.616 bits per heavy atom. The van der Waals surface area contributed by atoms with Crippen molar-refractivity contribution in [2.24, 2.45) is 11.8 Å². The fourth-order valence-electron chi connectivity index (χ4n) is 11.3. The summed E-state index contributed by atoms with van der Waals surface area (Å²) in [5.41, 5.74) is 12.1. The maximum absolute atomic E-state index is 5.72.